The number of ether oxygens (including phenoxy) is 1. The molecule has 0 aromatic carbocycles. The molecule has 7 heteroatoms. The lowest BCUT2D eigenvalue weighted by molar-refractivity contribution is -0.146. The van der Waals surface area contributed by atoms with E-state index < -0.39 is 0 Å². The van der Waals surface area contributed by atoms with Crippen LogP contribution in [0.15, 0.2) is 12.4 Å². The number of carbonyl (C=O) groups is 1. The largest absolute Gasteiger partial charge is 0.468 e. The van der Waals surface area contributed by atoms with E-state index >= 15 is 0 Å². The van der Waals surface area contributed by atoms with Crippen LogP contribution in [0.4, 0.5) is 5.82 Å². The van der Waals surface area contributed by atoms with Crippen LogP contribution < -0.4 is 11.3 Å². The Bertz CT molecular complexity index is 408. The van der Waals surface area contributed by atoms with Crippen LogP contribution in [0.2, 0.25) is 0 Å². The number of nitrogens with zero attached hydrogens (tertiary/aromatic N) is 3. The standard InChI is InChI=1S/C11H17N5O2/c1-18-11(17)9-3-2-4-16(9)7-8-5-14-10(15-12)6-13-8/h5-6,9H,2-4,7,12H2,1H3,(H,14,15). The molecule has 2 heterocycles. The maximum Gasteiger partial charge on any atom is 0.323 e. The summed E-state index contributed by atoms with van der Waals surface area (Å²) in [6.45, 7) is 1.47. The Morgan fingerprint density at radius 3 is 3.06 bits per heavy atom. The van der Waals surface area contributed by atoms with E-state index in [-0.39, 0.29) is 12.0 Å². The monoisotopic (exact) mass is 251 g/mol. The highest BCUT2D eigenvalue weighted by Crippen LogP contribution is 2.20. The van der Waals surface area contributed by atoms with Gasteiger partial charge in [0.2, 0.25) is 0 Å². The number of anilines is 1. The number of methoxy groups -OCH3 is 1. The van der Waals surface area contributed by atoms with Crippen LogP contribution in [-0.4, -0.2) is 40.5 Å². The third-order valence-electron chi connectivity index (χ3n) is 3.06. The first-order valence-corrected chi connectivity index (χ1v) is 5.84. The van der Waals surface area contributed by atoms with Crippen molar-refractivity contribution in [3.05, 3.63) is 18.1 Å². The van der Waals surface area contributed by atoms with Crippen LogP contribution in [0.3, 0.4) is 0 Å². The van der Waals surface area contributed by atoms with Gasteiger partial charge in [0.1, 0.15) is 6.04 Å². The normalized spacial score (nSPS) is 19.8. The van der Waals surface area contributed by atoms with E-state index in [0.29, 0.717) is 12.4 Å². The number of nitrogen functional groups attached to an aromatic ring is 1. The quantitative estimate of drug-likeness (QED) is 0.438. The lowest BCUT2D eigenvalue weighted by Gasteiger charge is -2.21. The van der Waals surface area contributed by atoms with Gasteiger partial charge in [-0.15, -0.1) is 0 Å². The lowest BCUT2D eigenvalue weighted by atomic mass is 10.2. The molecule has 0 radical (unpaired) electrons. The van der Waals surface area contributed by atoms with E-state index in [1.165, 1.54) is 7.11 Å². The molecule has 2 rings (SSSR count). The molecule has 1 aromatic rings. The Kier molecular flexibility index (Phi) is 4.06. The number of likely N-dealkylation sites (tertiary alicyclic amines) is 1. The average molecular weight is 251 g/mol. The SMILES string of the molecule is COC(=O)C1CCCN1Cc1cnc(NN)cn1. The molecule has 0 spiro atoms. The van der Waals surface area contributed by atoms with Gasteiger partial charge in [0.15, 0.2) is 5.82 Å². The molecule has 0 amide bonds. The molecule has 1 aliphatic heterocycles. The summed E-state index contributed by atoms with van der Waals surface area (Å²) in [6, 6.07) is -0.163. The van der Waals surface area contributed by atoms with Gasteiger partial charge in [-0.1, -0.05) is 0 Å². The first-order chi connectivity index (χ1) is 8.74. The smallest absolute Gasteiger partial charge is 0.323 e. The summed E-state index contributed by atoms with van der Waals surface area (Å²) < 4.78 is 4.80. The van der Waals surface area contributed by atoms with Crippen LogP contribution in [0.1, 0.15) is 18.5 Å². The molecule has 1 unspecified atom stereocenters. The highest BCUT2D eigenvalue weighted by molar-refractivity contribution is 5.75. The number of nitrogens with one attached hydrogen (secondary N) is 1. The maximum atomic E-state index is 11.6. The number of carbonyl (C=O) groups excluding carboxylic acids is 1. The van der Waals surface area contributed by atoms with E-state index in [0.717, 1.165) is 25.1 Å². The minimum atomic E-state index is -0.180. The number of hydrogen-bond donors (Lipinski definition) is 2. The summed E-state index contributed by atoms with van der Waals surface area (Å²) in [5, 5.41) is 0. The maximum absolute atomic E-state index is 11.6. The summed E-state index contributed by atoms with van der Waals surface area (Å²) in [7, 11) is 1.42. The van der Waals surface area contributed by atoms with Gasteiger partial charge < -0.3 is 10.2 Å². The first-order valence-electron chi connectivity index (χ1n) is 5.84. The van der Waals surface area contributed by atoms with Crippen LogP contribution in [0.25, 0.3) is 0 Å². The fourth-order valence-electron chi connectivity index (χ4n) is 2.14. The molecule has 0 aliphatic carbocycles. The molecule has 0 saturated carbocycles. The second kappa shape index (κ2) is 5.74. The number of nitrogens with two attached hydrogens (primary N) is 1. The number of rotatable bonds is 4. The van der Waals surface area contributed by atoms with Crippen molar-refractivity contribution in [2.24, 2.45) is 5.84 Å². The van der Waals surface area contributed by atoms with E-state index in [4.69, 9.17) is 10.6 Å². The summed E-state index contributed by atoms with van der Waals surface area (Å²) >= 11 is 0. The van der Waals surface area contributed by atoms with Crippen molar-refractivity contribution in [2.45, 2.75) is 25.4 Å². The summed E-state index contributed by atoms with van der Waals surface area (Å²) in [6.07, 6.45) is 5.05. The Morgan fingerprint density at radius 2 is 2.44 bits per heavy atom. The number of hydrazine groups is 1. The minimum absolute atomic E-state index is 0.163. The molecule has 18 heavy (non-hydrogen) atoms. The van der Waals surface area contributed by atoms with Crippen molar-refractivity contribution in [3.8, 4) is 0 Å². The Balaban J connectivity index is 2.01. The van der Waals surface area contributed by atoms with Crippen LogP contribution in [-0.2, 0) is 16.1 Å². The van der Waals surface area contributed by atoms with E-state index in [1.54, 1.807) is 12.4 Å². The molecular formula is C11H17N5O2. The van der Waals surface area contributed by atoms with E-state index in [9.17, 15) is 4.79 Å². The van der Waals surface area contributed by atoms with Gasteiger partial charge in [0.05, 0.1) is 25.2 Å². The second-order valence-electron chi connectivity index (χ2n) is 4.19. The second-order valence-corrected chi connectivity index (χ2v) is 4.19. The molecule has 1 saturated heterocycles. The highest BCUT2D eigenvalue weighted by atomic mass is 16.5. The first kappa shape index (κ1) is 12.7. The summed E-state index contributed by atoms with van der Waals surface area (Å²) in [5.41, 5.74) is 3.23. The summed E-state index contributed by atoms with van der Waals surface area (Å²) in [4.78, 5) is 22.0. The van der Waals surface area contributed by atoms with E-state index in [2.05, 4.69) is 20.3 Å². The number of hydrogen-bond acceptors (Lipinski definition) is 7. The minimum Gasteiger partial charge on any atom is -0.468 e. The number of esters is 1. The van der Waals surface area contributed by atoms with Crippen molar-refractivity contribution in [1.82, 2.24) is 14.9 Å². The van der Waals surface area contributed by atoms with Crippen LogP contribution >= 0.6 is 0 Å². The number of aromatic nitrogens is 2. The highest BCUT2D eigenvalue weighted by Gasteiger charge is 2.31. The molecule has 1 fully saturated rings. The Morgan fingerprint density at radius 1 is 1.61 bits per heavy atom. The van der Waals surface area contributed by atoms with Crippen LogP contribution in [0, 0.1) is 0 Å². The lowest BCUT2D eigenvalue weighted by Crippen LogP contribution is -2.36. The Labute approximate surface area is 105 Å². The molecular weight excluding hydrogens is 234 g/mol. The third-order valence-corrected chi connectivity index (χ3v) is 3.06. The zero-order valence-electron chi connectivity index (χ0n) is 10.3. The molecule has 0 bridgehead atoms. The summed E-state index contributed by atoms with van der Waals surface area (Å²) in [5.74, 6) is 5.56. The predicted molar refractivity (Wildman–Crippen MR) is 65.3 cm³/mol. The third kappa shape index (κ3) is 2.74. The molecule has 3 N–H and O–H groups in total. The molecule has 98 valence electrons. The topological polar surface area (TPSA) is 93.4 Å². The van der Waals surface area contributed by atoms with Crippen molar-refractivity contribution >= 4 is 11.8 Å². The average Bonchev–Trinajstić information content (AvgIpc) is 2.87. The van der Waals surface area contributed by atoms with Gasteiger partial charge in [-0.05, 0) is 19.4 Å². The van der Waals surface area contributed by atoms with Crippen molar-refractivity contribution in [1.29, 1.82) is 0 Å². The van der Waals surface area contributed by atoms with Crippen molar-refractivity contribution in [2.75, 3.05) is 19.1 Å². The predicted octanol–water partition coefficient (Wildman–Crippen LogP) is -0.100. The zero-order chi connectivity index (χ0) is 13.0. The van der Waals surface area contributed by atoms with Crippen molar-refractivity contribution < 1.29 is 9.53 Å². The molecule has 7 nitrogen and oxygen atoms in total. The fourth-order valence-corrected chi connectivity index (χ4v) is 2.14. The fraction of sp³-hybridized carbons (Fsp3) is 0.545. The van der Waals surface area contributed by atoms with Gasteiger partial charge in [-0.2, -0.15) is 0 Å². The van der Waals surface area contributed by atoms with Gasteiger partial charge >= 0.3 is 5.97 Å². The van der Waals surface area contributed by atoms with Crippen molar-refractivity contribution in [3.63, 3.8) is 0 Å². The van der Waals surface area contributed by atoms with Gasteiger partial charge in [0.25, 0.3) is 0 Å². The zero-order valence-corrected chi connectivity index (χ0v) is 10.3. The van der Waals surface area contributed by atoms with Gasteiger partial charge in [-0.25, -0.2) is 10.8 Å². The van der Waals surface area contributed by atoms with Gasteiger partial charge in [0, 0.05) is 6.54 Å². The van der Waals surface area contributed by atoms with E-state index in [1.807, 2.05) is 0 Å². The van der Waals surface area contributed by atoms with Gasteiger partial charge in [-0.3, -0.25) is 14.7 Å². The molecule has 1 aliphatic rings. The van der Waals surface area contributed by atoms with Crippen LogP contribution in [0.5, 0.6) is 0 Å². The Hall–Kier alpha value is -1.73. The molecule has 1 aromatic heterocycles. The molecule has 1 atom stereocenters.